The van der Waals surface area contributed by atoms with Gasteiger partial charge in [0.05, 0.1) is 10.5 Å². The Bertz CT molecular complexity index is 421. The fraction of sp³-hybridized carbons (Fsp3) is 0.455. The predicted molar refractivity (Wildman–Crippen MR) is 66.3 cm³/mol. The van der Waals surface area contributed by atoms with Crippen molar-refractivity contribution in [2.45, 2.75) is 25.3 Å². The Kier molecular flexibility index (Phi) is 4.31. The molecule has 1 aliphatic rings. The zero-order valence-electron chi connectivity index (χ0n) is 9.20. The monoisotopic (exact) mass is 258 g/mol. The van der Waals surface area contributed by atoms with Gasteiger partial charge < -0.3 is 10.8 Å². The number of aromatic hydroxyl groups is 1. The fourth-order valence-corrected chi connectivity index (χ4v) is 1.84. The van der Waals surface area contributed by atoms with Crippen molar-refractivity contribution in [2.24, 2.45) is 11.7 Å². The number of rotatable bonds is 4. The molecule has 5 nitrogen and oxygen atoms in total. The minimum Gasteiger partial charge on any atom is -0.508 e. The molecular weight excluding hydrogens is 244 g/mol. The molecule has 17 heavy (non-hydrogen) atoms. The van der Waals surface area contributed by atoms with Crippen molar-refractivity contribution in [3.63, 3.8) is 0 Å². The van der Waals surface area contributed by atoms with Crippen LogP contribution in [0.25, 0.3) is 0 Å². The van der Waals surface area contributed by atoms with Crippen LogP contribution in [-0.4, -0.2) is 10.0 Å². The number of halogens is 1. The summed E-state index contributed by atoms with van der Waals surface area (Å²) in [6, 6.07) is 3.65. The Balaban J connectivity index is 0.00000144. The normalized spacial score (nSPS) is 16.1. The highest BCUT2D eigenvalue weighted by Gasteiger charge is 2.28. The average molecular weight is 259 g/mol. The molecule has 1 aliphatic carbocycles. The summed E-state index contributed by atoms with van der Waals surface area (Å²) in [6.45, 7) is 0. The number of phenolic OH excluding ortho intramolecular Hbond substituents is 1. The molecule has 1 aromatic rings. The van der Waals surface area contributed by atoms with Gasteiger partial charge in [0.25, 0.3) is 5.69 Å². The molecular formula is C11H15ClN2O3. The van der Waals surface area contributed by atoms with Crippen LogP contribution in [-0.2, 0) is 0 Å². The smallest absolute Gasteiger partial charge is 0.274 e. The van der Waals surface area contributed by atoms with E-state index in [0.29, 0.717) is 11.5 Å². The Morgan fingerprint density at radius 2 is 2.18 bits per heavy atom. The quantitative estimate of drug-likeness (QED) is 0.641. The lowest BCUT2D eigenvalue weighted by Crippen LogP contribution is -2.13. The largest absolute Gasteiger partial charge is 0.508 e. The van der Waals surface area contributed by atoms with Gasteiger partial charge in [0, 0.05) is 12.1 Å². The van der Waals surface area contributed by atoms with Gasteiger partial charge in [-0.25, -0.2) is 0 Å². The summed E-state index contributed by atoms with van der Waals surface area (Å²) in [5.41, 5.74) is 6.35. The molecule has 1 saturated carbocycles. The topological polar surface area (TPSA) is 89.4 Å². The van der Waals surface area contributed by atoms with E-state index in [1.807, 2.05) is 0 Å². The average Bonchev–Trinajstić information content (AvgIpc) is 3.01. The zero-order chi connectivity index (χ0) is 11.7. The van der Waals surface area contributed by atoms with E-state index in [1.54, 1.807) is 0 Å². The van der Waals surface area contributed by atoms with Crippen molar-refractivity contribution in [3.8, 4) is 5.75 Å². The van der Waals surface area contributed by atoms with E-state index in [9.17, 15) is 15.2 Å². The summed E-state index contributed by atoms with van der Waals surface area (Å²) >= 11 is 0. The van der Waals surface area contributed by atoms with Gasteiger partial charge in [-0.15, -0.1) is 12.4 Å². The molecule has 6 heteroatoms. The third kappa shape index (κ3) is 3.31. The lowest BCUT2D eigenvalue weighted by molar-refractivity contribution is -0.385. The maximum Gasteiger partial charge on any atom is 0.274 e. The number of benzene rings is 1. The molecule has 94 valence electrons. The lowest BCUT2D eigenvalue weighted by Gasteiger charge is -2.11. The third-order valence-corrected chi connectivity index (χ3v) is 2.89. The maximum absolute atomic E-state index is 10.8. The van der Waals surface area contributed by atoms with E-state index >= 15 is 0 Å². The fourth-order valence-electron chi connectivity index (χ4n) is 1.84. The summed E-state index contributed by atoms with van der Waals surface area (Å²) in [4.78, 5) is 10.4. The molecule has 1 fully saturated rings. The number of hydrogen-bond acceptors (Lipinski definition) is 4. The molecule has 0 amide bonds. The molecule has 0 saturated heterocycles. The van der Waals surface area contributed by atoms with Crippen molar-refractivity contribution in [2.75, 3.05) is 0 Å². The highest BCUT2D eigenvalue weighted by molar-refractivity contribution is 5.85. The Morgan fingerprint density at radius 3 is 2.71 bits per heavy atom. The second-order valence-electron chi connectivity index (χ2n) is 4.29. The molecule has 2 rings (SSSR count). The van der Waals surface area contributed by atoms with E-state index in [0.717, 1.165) is 19.3 Å². The predicted octanol–water partition coefficient (Wildman–Crippen LogP) is 2.52. The minimum absolute atomic E-state index is 0. The van der Waals surface area contributed by atoms with Crippen LogP contribution in [0.2, 0.25) is 0 Å². The molecule has 0 unspecified atom stereocenters. The number of nitrogens with two attached hydrogens (primary N) is 1. The van der Waals surface area contributed by atoms with Gasteiger partial charge in [-0.2, -0.15) is 0 Å². The van der Waals surface area contributed by atoms with Crippen LogP contribution in [0.15, 0.2) is 18.2 Å². The van der Waals surface area contributed by atoms with Gasteiger partial charge in [-0.3, -0.25) is 10.1 Å². The van der Waals surface area contributed by atoms with E-state index in [2.05, 4.69) is 0 Å². The first-order valence-corrected chi connectivity index (χ1v) is 5.31. The van der Waals surface area contributed by atoms with Crippen molar-refractivity contribution in [1.29, 1.82) is 0 Å². The van der Waals surface area contributed by atoms with Gasteiger partial charge in [-0.1, -0.05) is 12.8 Å². The molecule has 0 heterocycles. The summed E-state index contributed by atoms with van der Waals surface area (Å²) in [5, 5.41) is 20.1. The molecule has 0 bridgehead atoms. The van der Waals surface area contributed by atoms with Crippen molar-refractivity contribution >= 4 is 18.1 Å². The number of nitrogens with zero attached hydrogens (tertiary/aromatic N) is 1. The van der Waals surface area contributed by atoms with Gasteiger partial charge >= 0.3 is 0 Å². The standard InChI is InChI=1S/C11H14N2O3.ClH/c12-10(5-7-1-2-7)9-6-8(14)3-4-11(9)13(15)16;/h3-4,6-7,10,14H,1-2,5,12H2;1H/t10-;/m0./s1. The van der Waals surface area contributed by atoms with E-state index < -0.39 is 4.92 Å². The summed E-state index contributed by atoms with van der Waals surface area (Å²) in [5.74, 6) is 0.615. The van der Waals surface area contributed by atoms with Crippen LogP contribution in [0.3, 0.4) is 0 Å². The molecule has 0 aromatic heterocycles. The Labute approximate surface area is 105 Å². The maximum atomic E-state index is 10.8. The van der Waals surface area contributed by atoms with Gasteiger partial charge in [0.1, 0.15) is 5.75 Å². The van der Waals surface area contributed by atoms with Gasteiger partial charge in [-0.05, 0) is 24.5 Å². The number of hydrogen-bond donors (Lipinski definition) is 2. The van der Waals surface area contributed by atoms with Gasteiger partial charge in [0.15, 0.2) is 0 Å². The zero-order valence-corrected chi connectivity index (χ0v) is 10.0. The van der Waals surface area contributed by atoms with Crippen LogP contribution in [0.5, 0.6) is 5.75 Å². The third-order valence-electron chi connectivity index (χ3n) is 2.89. The van der Waals surface area contributed by atoms with Crippen LogP contribution >= 0.6 is 12.4 Å². The van der Waals surface area contributed by atoms with E-state index in [1.165, 1.54) is 18.2 Å². The lowest BCUT2D eigenvalue weighted by atomic mass is 10.00. The van der Waals surface area contributed by atoms with Crippen molar-refractivity contribution < 1.29 is 10.0 Å². The minimum atomic E-state index is -0.457. The number of nitro benzene ring substituents is 1. The Morgan fingerprint density at radius 1 is 1.53 bits per heavy atom. The second kappa shape index (κ2) is 5.33. The van der Waals surface area contributed by atoms with Crippen LogP contribution < -0.4 is 5.73 Å². The summed E-state index contributed by atoms with van der Waals surface area (Å²) < 4.78 is 0. The van der Waals surface area contributed by atoms with Crippen molar-refractivity contribution in [1.82, 2.24) is 0 Å². The SMILES string of the molecule is Cl.N[C@@H](CC1CC1)c1cc(O)ccc1[N+](=O)[O-]. The number of nitro groups is 1. The Hall–Kier alpha value is -1.33. The molecule has 1 aromatic carbocycles. The highest BCUT2D eigenvalue weighted by Crippen LogP contribution is 2.39. The molecule has 0 spiro atoms. The van der Waals surface area contributed by atoms with Crippen molar-refractivity contribution in [3.05, 3.63) is 33.9 Å². The number of phenols is 1. The first-order chi connectivity index (χ1) is 7.58. The van der Waals surface area contributed by atoms with Crippen LogP contribution in [0.4, 0.5) is 5.69 Å². The van der Waals surface area contributed by atoms with Gasteiger partial charge in [0.2, 0.25) is 0 Å². The van der Waals surface area contributed by atoms with Crippen LogP contribution in [0.1, 0.15) is 30.9 Å². The summed E-state index contributed by atoms with van der Waals surface area (Å²) in [6.07, 6.45) is 3.06. The molecule has 3 N–H and O–H groups in total. The van der Waals surface area contributed by atoms with E-state index in [4.69, 9.17) is 5.73 Å². The van der Waals surface area contributed by atoms with Crippen LogP contribution in [0, 0.1) is 16.0 Å². The second-order valence-corrected chi connectivity index (χ2v) is 4.29. The first kappa shape index (κ1) is 13.7. The molecule has 0 aliphatic heterocycles. The summed E-state index contributed by atoms with van der Waals surface area (Å²) in [7, 11) is 0. The highest BCUT2D eigenvalue weighted by atomic mass is 35.5. The molecule has 0 radical (unpaired) electrons. The van der Waals surface area contributed by atoms with E-state index in [-0.39, 0.29) is 29.9 Å². The molecule has 1 atom stereocenters. The first-order valence-electron chi connectivity index (χ1n) is 5.31.